The average Bonchev–Trinajstić information content (AvgIpc) is 2.63. The lowest BCUT2D eigenvalue weighted by molar-refractivity contribution is 0.102. The molecule has 1 amide bonds. The summed E-state index contributed by atoms with van der Waals surface area (Å²) in [6.07, 6.45) is 1.13. The Hall–Kier alpha value is -2.77. The lowest BCUT2D eigenvalue weighted by Crippen LogP contribution is -2.18. The zero-order valence-corrected chi connectivity index (χ0v) is 16.9. The number of nitrogens with zero attached hydrogens (tertiary/aromatic N) is 2. The fourth-order valence-corrected chi connectivity index (χ4v) is 3.92. The van der Waals surface area contributed by atoms with Crippen molar-refractivity contribution in [2.75, 3.05) is 5.32 Å². The number of carbonyl (C=O) groups excluding carboxylic acids is 1. The predicted molar refractivity (Wildman–Crippen MR) is 108 cm³/mol. The molecule has 0 aliphatic heterocycles. The molecule has 1 N–H and O–H groups in total. The highest BCUT2D eigenvalue weighted by Gasteiger charge is 2.23. The summed E-state index contributed by atoms with van der Waals surface area (Å²) in [4.78, 5) is 20.3. The number of aromatic nitrogens is 2. The summed E-state index contributed by atoms with van der Waals surface area (Å²) < 4.78 is 25.4. The van der Waals surface area contributed by atoms with Crippen molar-refractivity contribution in [1.29, 1.82) is 0 Å². The maximum Gasteiger partial charge on any atom is 0.275 e. The monoisotopic (exact) mass is 415 g/mol. The highest BCUT2D eigenvalue weighted by atomic mass is 35.5. The minimum atomic E-state index is -3.84. The van der Waals surface area contributed by atoms with Crippen LogP contribution in [-0.2, 0) is 15.6 Å². The van der Waals surface area contributed by atoms with E-state index in [0.717, 1.165) is 17.3 Å². The third-order valence-electron chi connectivity index (χ3n) is 3.97. The number of sulfone groups is 1. The molecule has 0 spiro atoms. The molecular formula is C20H18ClN3O3S. The molecule has 3 aromatic rings. The highest BCUT2D eigenvalue weighted by molar-refractivity contribution is 7.90. The van der Waals surface area contributed by atoms with E-state index in [-0.39, 0.29) is 16.5 Å². The summed E-state index contributed by atoms with van der Waals surface area (Å²) >= 11 is 6.04. The van der Waals surface area contributed by atoms with Crippen LogP contribution in [-0.4, -0.2) is 24.3 Å². The number of anilines is 1. The van der Waals surface area contributed by atoms with Crippen LogP contribution < -0.4 is 5.32 Å². The van der Waals surface area contributed by atoms with Gasteiger partial charge in [-0.3, -0.25) is 4.79 Å². The normalized spacial score (nSPS) is 11.2. The number of rotatable bonds is 5. The highest BCUT2D eigenvalue weighted by Crippen LogP contribution is 2.19. The second kappa shape index (κ2) is 8.08. The van der Waals surface area contributed by atoms with Crippen molar-refractivity contribution < 1.29 is 13.2 Å². The average molecular weight is 416 g/mol. The van der Waals surface area contributed by atoms with E-state index in [0.29, 0.717) is 11.3 Å². The van der Waals surface area contributed by atoms with Gasteiger partial charge in [-0.2, -0.15) is 0 Å². The van der Waals surface area contributed by atoms with Gasteiger partial charge in [0.25, 0.3) is 5.91 Å². The first-order valence-corrected chi connectivity index (χ1v) is 10.5. The van der Waals surface area contributed by atoms with Crippen LogP contribution in [0.4, 0.5) is 5.69 Å². The number of hydrogen-bond acceptors (Lipinski definition) is 5. The molecule has 1 aromatic heterocycles. The molecular weight excluding hydrogens is 398 g/mol. The van der Waals surface area contributed by atoms with E-state index >= 15 is 0 Å². The molecule has 0 aliphatic rings. The Bertz CT molecular complexity index is 1130. The smallest absolute Gasteiger partial charge is 0.275 e. The van der Waals surface area contributed by atoms with Crippen LogP contribution in [0.1, 0.15) is 27.2 Å². The number of halogens is 1. The minimum absolute atomic E-state index is 0.0283. The predicted octanol–water partition coefficient (Wildman–Crippen LogP) is 3.97. The summed E-state index contributed by atoms with van der Waals surface area (Å²) in [5, 5.41) is 2.20. The molecule has 0 saturated heterocycles. The van der Waals surface area contributed by atoms with E-state index in [1.54, 1.807) is 30.3 Å². The fourth-order valence-electron chi connectivity index (χ4n) is 2.54. The fraction of sp³-hybridized carbons (Fsp3) is 0.150. The molecule has 2 aromatic carbocycles. The summed E-state index contributed by atoms with van der Waals surface area (Å²) in [6.45, 7) is 3.81. The van der Waals surface area contributed by atoms with Crippen LogP contribution in [0.3, 0.4) is 0 Å². The first-order chi connectivity index (χ1) is 13.2. The number of benzene rings is 2. The van der Waals surface area contributed by atoms with Gasteiger partial charge in [0.2, 0.25) is 15.0 Å². The van der Waals surface area contributed by atoms with Crippen molar-refractivity contribution in [2.24, 2.45) is 0 Å². The summed E-state index contributed by atoms with van der Waals surface area (Å²) in [6, 6.07) is 14.3. The number of nitrogens with one attached hydrogen (secondary N) is 1. The Morgan fingerprint density at radius 2 is 1.79 bits per heavy atom. The first kappa shape index (κ1) is 20.0. The molecule has 0 radical (unpaired) electrons. The van der Waals surface area contributed by atoms with Gasteiger partial charge in [-0.15, -0.1) is 0 Å². The van der Waals surface area contributed by atoms with Gasteiger partial charge in [-0.1, -0.05) is 53.6 Å². The molecule has 8 heteroatoms. The van der Waals surface area contributed by atoms with E-state index in [1.807, 2.05) is 32.0 Å². The van der Waals surface area contributed by atoms with Gasteiger partial charge >= 0.3 is 0 Å². The summed E-state index contributed by atoms with van der Waals surface area (Å²) in [7, 11) is -3.84. The van der Waals surface area contributed by atoms with Gasteiger partial charge in [-0.25, -0.2) is 18.4 Å². The van der Waals surface area contributed by atoms with Crippen molar-refractivity contribution in [2.45, 2.75) is 24.8 Å². The number of hydrogen-bond donors (Lipinski definition) is 1. The minimum Gasteiger partial charge on any atom is -0.321 e. The lowest BCUT2D eigenvalue weighted by atomic mass is 10.2. The summed E-state index contributed by atoms with van der Waals surface area (Å²) in [5.41, 5.74) is 2.96. The second-order valence-corrected chi connectivity index (χ2v) is 8.71. The van der Waals surface area contributed by atoms with E-state index in [4.69, 9.17) is 11.6 Å². The van der Waals surface area contributed by atoms with E-state index in [9.17, 15) is 13.2 Å². The molecule has 0 unspecified atom stereocenters. The van der Waals surface area contributed by atoms with Crippen molar-refractivity contribution in [3.05, 3.63) is 82.1 Å². The quantitative estimate of drug-likeness (QED) is 0.637. The number of amides is 1. The van der Waals surface area contributed by atoms with Gasteiger partial charge in [0.15, 0.2) is 5.69 Å². The Morgan fingerprint density at radius 1 is 1.07 bits per heavy atom. The molecule has 28 heavy (non-hydrogen) atoms. The Kier molecular flexibility index (Phi) is 5.76. The Morgan fingerprint density at radius 3 is 2.46 bits per heavy atom. The van der Waals surface area contributed by atoms with Crippen LogP contribution in [0.5, 0.6) is 0 Å². The van der Waals surface area contributed by atoms with Gasteiger partial charge in [0, 0.05) is 5.69 Å². The number of aryl methyl sites for hydroxylation is 2. The second-order valence-electron chi connectivity index (χ2n) is 6.42. The first-order valence-electron chi connectivity index (χ1n) is 8.43. The third kappa shape index (κ3) is 4.74. The lowest BCUT2D eigenvalue weighted by Gasteiger charge is -2.09. The van der Waals surface area contributed by atoms with E-state index in [2.05, 4.69) is 15.3 Å². The van der Waals surface area contributed by atoms with Crippen LogP contribution in [0.15, 0.2) is 59.9 Å². The molecule has 144 valence electrons. The van der Waals surface area contributed by atoms with Crippen LogP contribution in [0, 0.1) is 13.8 Å². The van der Waals surface area contributed by atoms with Crippen LogP contribution in [0.25, 0.3) is 0 Å². The molecule has 0 fully saturated rings. The van der Waals surface area contributed by atoms with E-state index in [1.165, 1.54) is 0 Å². The molecule has 3 rings (SSSR count). The standard InChI is InChI=1S/C20H18ClN3O3S/c1-13-6-8-15(9-7-13)12-28(26,27)20-22-11-17(21)18(24-20)19(25)23-16-5-3-4-14(2)10-16/h3-11H,12H2,1-2H3,(H,23,25). The van der Waals surface area contributed by atoms with Crippen molar-refractivity contribution in [1.82, 2.24) is 9.97 Å². The zero-order valence-electron chi connectivity index (χ0n) is 15.3. The van der Waals surface area contributed by atoms with Crippen molar-refractivity contribution in [3.8, 4) is 0 Å². The van der Waals surface area contributed by atoms with Gasteiger partial charge in [0.1, 0.15) is 0 Å². The van der Waals surface area contributed by atoms with E-state index < -0.39 is 20.9 Å². The topological polar surface area (TPSA) is 89.0 Å². The maximum atomic E-state index is 12.7. The van der Waals surface area contributed by atoms with Gasteiger partial charge in [0.05, 0.1) is 17.0 Å². The SMILES string of the molecule is Cc1ccc(CS(=O)(=O)c2ncc(Cl)c(C(=O)Nc3cccc(C)c3)n2)cc1. The van der Waals surface area contributed by atoms with Crippen molar-refractivity contribution in [3.63, 3.8) is 0 Å². The zero-order chi connectivity index (χ0) is 20.3. The van der Waals surface area contributed by atoms with Gasteiger partial charge < -0.3 is 5.32 Å². The maximum absolute atomic E-state index is 12.7. The largest absolute Gasteiger partial charge is 0.321 e. The molecule has 0 bridgehead atoms. The third-order valence-corrected chi connectivity index (χ3v) is 5.71. The molecule has 1 heterocycles. The Balaban J connectivity index is 1.87. The summed E-state index contributed by atoms with van der Waals surface area (Å²) in [5.74, 6) is -0.877. The molecule has 0 atom stereocenters. The van der Waals surface area contributed by atoms with Gasteiger partial charge in [-0.05, 0) is 37.1 Å². The van der Waals surface area contributed by atoms with Crippen LogP contribution >= 0.6 is 11.6 Å². The van der Waals surface area contributed by atoms with Crippen LogP contribution in [0.2, 0.25) is 5.02 Å². The molecule has 0 aliphatic carbocycles. The Labute approximate surface area is 168 Å². The number of carbonyl (C=O) groups is 1. The molecule has 0 saturated carbocycles. The molecule has 6 nitrogen and oxygen atoms in total. The van der Waals surface area contributed by atoms with Crippen molar-refractivity contribution >= 4 is 33.0 Å².